The van der Waals surface area contributed by atoms with Crippen molar-refractivity contribution >= 4 is 5.78 Å². The lowest BCUT2D eigenvalue weighted by molar-refractivity contribution is 0.0618. The van der Waals surface area contributed by atoms with E-state index in [1.807, 2.05) is 13.8 Å². The van der Waals surface area contributed by atoms with Crippen molar-refractivity contribution in [2.24, 2.45) is 0 Å². The van der Waals surface area contributed by atoms with E-state index in [4.69, 9.17) is 9.47 Å². The summed E-state index contributed by atoms with van der Waals surface area (Å²) in [5, 5.41) is 0. The summed E-state index contributed by atoms with van der Waals surface area (Å²) in [6.45, 7) is 3.20. The Balaban J connectivity index is 2.28. The first kappa shape index (κ1) is 11.9. The molecule has 3 nitrogen and oxygen atoms in total. The SMILES string of the molecule is CC1(C)CC(=O)c2ccc(OCCF)cc2O1. The van der Waals surface area contributed by atoms with Gasteiger partial charge in [0.25, 0.3) is 0 Å². The predicted molar refractivity (Wildman–Crippen MR) is 61.6 cm³/mol. The zero-order valence-electron chi connectivity index (χ0n) is 9.96. The Morgan fingerprint density at radius 1 is 1.47 bits per heavy atom. The fourth-order valence-corrected chi connectivity index (χ4v) is 1.88. The van der Waals surface area contributed by atoms with E-state index in [1.54, 1.807) is 18.2 Å². The molecule has 0 saturated carbocycles. The lowest BCUT2D eigenvalue weighted by Crippen LogP contribution is -2.35. The molecule has 92 valence electrons. The Morgan fingerprint density at radius 3 is 2.94 bits per heavy atom. The van der Waals surface area contributed by atoms with Gasteiger partial charge in [-0.25, -0.2) is 4.39 Å². The van der Waals surface area contributed by atoms with E-state index >= 15 is 0 Å². The van der Waals surface area contributed by atoms with E-state index in [9.17, 15) is 9.18 Å². The van der Waals surface area contributed by atoms with Gasteiger partial charge in [-0.3, -0.25) is 4.79 Å². The summed E-state index contributed by atoms with van der Waals surface area (Å²) in [7, 11) is 0. The Morgan fingerprint density at radius 2 is 2.24 bits per heavy atom. The van der Waals surface area contributed by atoms with Gasteiger partial charge in [0.1, 0.15) is 30.4 Å². The number of ketones is 1. The highest BCUT2D eigenvalue weighted by Crippen LogP contribution is 2.35. The third-order valence-corrected chi connectivity index (χ3v) is 2.57. The van der Waals surface area contributed by atoms with Crippen molar-refractivity contribution < 1.29 is 18.7 Å². The van der Waals surface area contributed by atoms with Crippen LogP contribution in [0.5, 0.6) is 11.5 Å². The third-order valence-electron chi connectivity index (χ3n) is 2.57. The van der Waals surface area contributed by atoms with Crippen LogP contribution in [-0.4, -0.2) is 24.7 Å². The average Bonchev–Trinajstić information content (AvgIpc) is 2.24. The molecular weight excluding hydrogens is 223 g/mol. The number of halogens is 1. The number of benzene rings is 1. The van der Waals surface area contributed by atoms with Gasteiger partial charge in [-0.15, -0.1) is 0 Å². The maximum Gasteiger partial charge on any atom is 0.170 e. The van der Waals surface area contributed by atoms with Gasteiger partial charge >= 0.3 is 0 Å². The highest BCUT2D eigenvalue weighted by atomic mass is 19.1. The Labute approximate surface area is 99.5 Å². The lowest BCUT2D eigenvalue weighted by atomic mass is 9.93. The molecule has 0 atom stereocenters. The number of hydrogen-bond acceptors (Lipinski definition) is 3. The second-order valence-electron chi connectivity index (χ2n) is 4.66. The number of carbonyl (C=O) groups is 1. The molecule has 4 heteroatoms. The van der Waals surface area contributed by atoms with E-state index in [0.29, 0.717) is 23.5 Å². The Kier molecular flexibility index (Phi) is 3.05. The lowest BCUT2D eigenvalue weighted by Gasteiger charge is -2.31. The van der Waals surface area contributed by atoms with Crippen LogP contribution in [0.4, 0.5) is 4.39 Å². The van der Waals surface area contributed by atoms with Crippen LogP contribution in [0, 0.1) is 0 Å². The van der Waals surface area contributed by atoms with Gasteiger partial charge in [0.15, 0.2) is 5.78 Å². The van der Waals surface area contributed by atoms with E-state index in [-0.39, 0.29) is 12.4 Å². The minimum Gasteiger partial charge on any atom is -0.491 e. The summed E-state index contributed by atoms with van der Waals surface area (Å²) in [5.41, 5.74) is 0.0694. The third kappa shape index (κ3) is 2.57. The molecule has 0 saturated heterocycles. The van der Waals surface area contributed by atoms with Crippen LogP contribution >= 0.6 is 0 Å². The molecule has 0 bridgehead atoms. The van der Waals surface area contributed by atoms with Crippen molar-refractivity contribution in [3.63, 3.8) is 0 Å². The zero-order chi connectivity index (χ0) is 12.5. The first-order valence-electron chi connectivity index (χ1n) is 5.57. The zero-order valence-corrected chi connectivity index (χ0v) is 9.96. The summed E-state index contributed by atoms with van der Waals surface area (Å²) in [4.78, 5) is 11.8. The summed E-state index contributed by atoms with van der Waals surface area (Å²) >= 11 is 0. The van der Waals surface area contributed by atoms with Crippen LogP contribution in [0.15, 0.2) is 18.2 Å². The Bertz CT molecular complexity index is 440. The van der Waals surface area contributed by atoms with Crippen molar-refractivity contribution in [1.29, 1.82) is 0 Å². The predicted octanol–water partition coefficient (Wildman–Crippen LogP) is 2.78. The molecule has 0 unspecified atom stereocenters. The summed E-state index contributed by atoms with van der Waals surface area (Å²) in [6, 6.07) is 4.97. The first-order valence-corrected chi connectivity index (χ1v) is 5.57. The van der Waals surface area contributed by atoms with Gasteiger partial charge in [-0.1, -0.05) is 0 Å². The maximum atomic E-state index is 12.0. The molecule has 1 aromatic carbocycles. The van der Waals surface area contributed by atoms with Crippen LogP contribution in [0.25, 0.3) is 0 Å². The van der Waals surface area contributed by atoms with E-state index in [0.717, 1.165) is 0 Å². The van der Waals surface area contributed by atoms with Gasteiger partial charge in [-0.05, 0) is 26.0 Å². The highest BCUT2D eigenvalue weighted by molar-refractivity contribution is 6.00. The molecule has 1 aromatic rings. The van der Waals surface area contributed by atoms with Gasteiger partial charge in [0.2, 0.25) is 0 Å². The smallest absolute Gasteiger partial charge is 0.170 e. The first-order chi connectivity index (χ1) is 8.02. The Hall–Kier alpha value is -1.58. The van der Waals surface area contributed by atoms with E-state index < -0.39 is 12.3 Å². The standard InChI is InChI=1S/C13H15FO3/c1-13(2)8-11(15)10-4-3-9(16-6-5-14)7-12(10)17-13/h3-4,7H,5-6,8H2,1-2H3. The molecule has 0 radical (unpaired) electrons. The van der Waals surface area contributed by atoms with Crippen molar-refractivity contribution in [2.75, 3.05) is 13.3 Å². The quantitative estimate of drug-likeness (QED) is 0.812. The summed E-state index contributed by atoms with van der Waals surface area (Å²) < 4.78 is 22.9. The van der Waals surface area contributed by atoms with Crippen LogP contribution in [0.2, 0.25) is 0 Å². The molecule has 17 heavy (non-hydrogen) atoms. The maximum absolute atomic E-state index is 12.0. The molecule has 0 aromatic heterocycles. The topological polar surface area (TPSA) is 35.5 Å². The fourth-order valence-electron chi connectivity index (χ4n) is 1.88. The molecule has 0 amide bonds. The molecule has 1 aliphatic heterocycles. The molecule has 0 spiro atoms. The molecule has 1 heterocycles. The van der Waals surface area contributed by atoms with Gasteiger partial charge in [-0.2, -0.15) is 0 Å². The summed E-state index contributed by atoms with van der Waals surface area (Å²) in [5.74, 6) is 1.10. The van der Waals surface area contributed by atoms with Crippen LogP contribution in [0.1, 0.15) is 30.6 Å². The van der Waals surface area contributed by atoms with Crippen LogP contribution in [0.3, 0.4) is 0 Å². The number of fused-ring (bicyclic) bond motifs is 1. The normalized spacial score (nSPS) is 17.2. The monoisotopic (exact) mass is 238 g/mol. The van der Waals surface area contributed by atoms with Crippen molar-refractivity contribution in [3.05, 3.63) is 23.8 Å². The highest BCUT2D eigenvalue weighted by Gasteiger charge is 2.32. The second kappa shape index (κ2) is 4.35. The number of carbonyl (C=O) groups excluding carboxylic acids is 1. The molecule has 1 aliphatic rings. The van der Waals surface area contributed by atoms with Crippen molar-refractivity contribution in [3.8, 4) is 11.5 Å². The van der Waals surface area contributed by atoms with E-state index in [1.165, 1.54) is 0 Å². The largest absolute Gasteiger partial charge is 0.491 e. The molecule has 0 N–H and O–H groups in total. The summed E-state index contributed by atoms with van der Waals surface area (Å²) in [6.07, 6.45) is 0.366. The number of rotatable bonds is 3. The van der Waals surface area contributed by atoms with Gasteiger partial charge in [0, 0.05) is 6.07 Å². The average molecular weight is 238 g/mol. The number of ether oxygens (including phenoxy) is 2. The number of alkyl halides is 1. The fraction of sp³-hybridized carbons (Fsp3) is 0.462. The molecule has 2 rings (SSSR count). The van der Waals surface area contributed by atoms with Crippen LogP contribution in [-0.2, 0) is 0 Å². The van der Waals surface area contributed by atoms with Crippen molar-refractivity contribution in [2.45, 2.75) is 25.9 Å². The molecular formula is C13H15FO3. The van der Waals surface area contributed by atoms with Crippen LogP contribution < -0.4 is 9.47 Å². The minimum atomic E-state index is -0.539. The minimum absolute atomic E-state index is 0.0100. The van der Waals surface area contributed by atoms with Gasteiger partial charge < -0.3 is 9.47 Å². The van der Waals surface area contributed by atoms with Crippen molar-refractivity contribution in [1.82, 2.24) is 0 Å². The van der Waals surface area contributed by atoms with E-state index in [2.05, 4.69) is 0 Å². The van der Waals surface area contributed by atoms with Gasteiger partial charge in [0.05, 0.1) is 12.0 Å². The number of hydrogen-bond donors (Lipinski definition) is 0. The second-order valence-corrected chi connectivity index (χ2v) is 4.66. The number of Topliss-reactive ketones (excluding diaryl/α,β-unsaturated/α-hetero) is 1. The molecule has 0 fully saturated rings. The molecule has 0 aliphatic carbocycles.